The van der Waals surface area contributed by atoms with E-state index in [4.69, 9.17) is 5.26 Å². The van der Waals surface area contributed by atoms with E-state index >= 15 is 0 Å². The Morgan fingerprint density at radius 3 is 2.58 bits per heavy atom. The van der Waals surface area contributed by atoms with Gasteiger partial charge in [0.1, 0.15) is 11.6 Å². The molecule has 0 aliphatic heterocycles. The fraction of sp³-hybridized carbons (Fsp3) is 0.0714. The Hall–Kier alpha value is -1.93. The van der Waals surface area contributed by atoms with E-state index in [0.29, 0.717) is 21.4 Å². The van der Waals surface area contributed by atoms with Gasteiger partial charge in [-0.3, -0.25) is 0 Å². The average molecular weight is 323 g/mol. The Morgan fingerprint density at radius 1 is 1.16 bits per heavy atom. The molecule has 0 bridgehead atoms. The van der Waals surface area contributed by atoms with Crippen LogP contribution in [0.5, 0.6) is 0 Å². The summed E-state index contributed by atoms with van der Waals surface area (Å²) in [7, 11) is 0. The van der Waals surface area contributed by atoms with Crippen molar-refractivity contribution in [2.45, 2.75) is 6.92 Å². The molecule has 0 fully saturated rings. The number of hydrogen-bond donors (Lipinski definition) is 1. The largest absolute Gasteiger partial charge is 0.355 e. The van der Waals surface area contributed by atoms with Crippen molar-refractivity contribution in [2.24, 2.45) is 0 Å². The highest BCUT2D eigenvalue weighted by Crippen LogP contribution is 2.27. The zero-order chi connectivity index (χ0) is 14.0. The van der Waals surface area contributed by atoms with Gasteiger partial charge in [-0.15, -0.1) is 0 Å². The summed E-state index contributed by atoms with van der Waals surface area (Å²) < 4.78 is 26.9. The number of halogens is 3. The molecule has 0 saturated heterocycles. The summed E-state index contributed by atoms with van der Waals surface area (Å²) in [5, 5.41) is 11.8. The SMILES string of the molecule is Cc1cc(F)c(Br)cc1Nc1cc(F)cc(C#N)c1. The molecule has 0 aliphatic rings. The van der Waals surface area contributed by atoms with Gasteiger partial charge in [0.15, 0.2) is 0 Å². The maximum absolute atomic E-state index is 13.3. The molecule has 0 unspecified atom stereocenters. The number of nitrogens with zero attached hydrogens (tertiary/aromatic N) is 1. The second-order valence-corrected chi connectivity index (χ2v) is 4.90. The quantitative estimate of drug-likeness (QED) is 0.873. The minimum absolute atomic E-state index is 0.223. The maximum Gasteiger partial charge on any atom is 0.137 e. The van der Waals surface area contributed by atoms with Crippen molar-refractivity contribution < 1.29 is 8.78 Å². The lowest BCUT2D eigenvalue weighted by atomic mass is 10.1. The molecule has 2 rings (SSSR count). The monoisotopic (exact) mass is 322 g/mol. The minimum atomic E-state index is -0.500. The summed E-state index contributed by atoms with van der Waals surface area (Å²) in [5.41, 5.74) is 1.99. The van der Waals surface area contributed by atoms with Crippen molar-refractivity contribution >= 4 is 27.3 Å². The van der Waals surface area contributed by atoms with Gasteiger partial charge in [-0.2, -0.15) is 5.26 Å². The fourth-order valence-corrected chi connectivity index (χ4v) is 2.01. The molecule has 0 radical (unpaired) electrons. The van der Waals surface area contributed by atoms with E-state index in [1.807, 2.05) is 6.07 Å². The number of benzene rings is 2. The van der Waals surface area contributed by atoms with E-state index in [2.05, 4.69) is 21.2 Å². The van der Waals surface area contributed by atoms with Crippen LogP contribution in [0.15, 0.2) is 34.8 Å². The van der Waals surface area contributed by atoms with Crippen molar-refractivity contribution in [3.8, 4) is 6.07 Å². The molecule has 5 heteroatoms. The van der Waals surface area contributed by atoms with E-state index in [1.165, 1.54) is 18.2 Å². The van der Waals surface area contributed by atoms with E-state index < -0.39 is 5.82 Å². The Bertz CT molecular complexity index is 678. The molecule has 0 saturated carbocycles. The average Bonchev–Trinajstić information content (AvgIpc) is 2.35. The molecule has 0 amide bonds. The third kappa shape index (κ3) is 3.09. The Kier molecular flexibility index (Phi) is 3.82. The predicted octanol–water partition coefficient (Wildman–Crippen LogP) is 4.65. The molecule has 0 spiro atoms. The van der Waals surface area contributed by atoms with E-state index in [9.17, 15) is 8.78 Å². The van der Waals surface area contributed by atoms with Crippen molar-refractivity contribution in [3.05, 3.63) is 57.6 Å². The van der Waals surface area contributed by atoms with Gasteiger partial charge in [0, 0.05) is 11.4 Å². The first-order valence-electron chi connectivity index (χ1n) is 5.43. The summed E-state index contributed by atoms with van der Waals surface area (Å²) in [6, 6.07) is 8.78. The van der Waals surface area contributed by atoms with Crippen LogP contribution in [0.1, 0.15) is 11.1 Å². The normalized spacial score (nSPS) is 10.1. The van der Waals surface area contributed by atoms with Crippen LogP contribution in [0.4, 0.5) is 20.2 Å². The highest BCUT2D eigenvalue weighted by molar-refractivity contribution is 9.10. The third-order valence-electron chi connectivity index (χ3n) is 2.57. The summed E-state index contributed by atoms with van der Waals surface area (Å²) in [6.45, 7) is 1.74. The Balaban J connectivity index is 2.39. The molecular weight excluding hydrogens is 314 g/mol. The van der Waals surface area contributed by atoms with Crippen molar-refractivity contribution in [1.29, 1.82) is 5.26 Å². The van der Waals surface area contributed by atoms with Crippen LogP contribution in [-0.4, -0.2) is 0 Å². The number of nitriles is 1. The maximum atomic E-state index is 13.3. The van der Waals surface area contributed by atoms with Crippen LogP contribution in [-0.2, 0) is 0 Å². The van der Waals surface area contributed by atoms with E-state index in [0.717, 1.165) is 6.07 Å². The van der Waals surface area contributed by atoms with Crippen molar-refractivity contribution in [3.63, 3.8) is 0 Å². The molecule has 0 heterocycles. The minimum Gasteiger partial charge on any atom is -0.355 e. The molecule has 19 heavy (non-hydrogen) atoms. The van der Waals surface area contributed by atoms with Crippen molar-refractivity contribution in [2.75, 3.05) is 5.32 Å². The zero-order valence-electron chi connectivity index (χ0n) is 9.97. The molecule has 2 aromatic carbocycles. The molecule has 1 N–H and O–H groups in total. The number of aryl methyl sites for hydroxylation is 1. The topological polar surface area (TPSA) is 35.8 Å². The second kappa shape index (κ2) is 5.37. The second-order valence-electron chi connectivity index (χ2n) is 4.05. The molecule has 2 nitrogen and oxygen atoms in total. The van der Waals surface area contributed by atoms with Gasteiger partial charge in [-0.25, -0.2) is 8.78 Å². The van der Waals surface area contributed by atoms with Crippen LogP contribution < -0.4 is 5.32 Å². The third-order valence-corrected chi connectivity index (χ3v) is 3.18. The van der Waals surface area contributed by atoms with Gasteiger partial charge in [-0.05, 0) is 58.7 Å². The highest BCUT2D eigenvalue weighted by atomic mass is 79.9. The molecule has 0 aromatic heterocycles. The van der Waals surface area contributed by atoms with Crippen LogP contribution in [0.25, 0.3) is 0 Å². The molecule has 2 aromatic rings. The molecule has 0 aliphatic carbocycles. The molecular formula is C14H9BrF2N2. The summed E-state index contributed by atoms with van der Waals surface area (Å²) >= 11 is 3.09. The first-order valence-corrected chi connectivity index (χ1v) is 6.22. The van der Waals surface area contributed by atoms with Crippen LogP contribution in [0.2, 0.25) is 0 Å². The van der Waals surface area contributed by atoms with Gasteiger partial charge in [0.2, 0.25) is 0 Å². The van der Waals surface area contributed by atoms with Crippen molar-refractivity contribution in [1.82, 2.24) is 0 Å². The Labute approximate surface area is 117 Å². The molecule has 0 atom stereocenters. The zero-order valence-corrected chi connectivity index (χ0v) is 11.6. The number of hydrogen-bond acceptors (Lipinski definition) is 2. The van der Waals surface area contributed by atoms with Gasteiger partial charge in [0.05, 0.1) is 16.1 Å². The van der Waals surface area contributed by atoms with E-state index in [1.54, 1.807) is 13.0 Å². The first kappa shape index (κ1) is 13.5. The van der Waals surface area contributed by atoms with Gasteiger partial charge in [-0.1, -0.05) is 0 Å². The smallest absolute Gasteiger partial charge is 0.137 e. The summed E-state index contributed by atoms with van der Waals surface area (Å²) in [5.74, 6) is -0.861. The lowest BCUT2D eigenvalue weighted by molar-refractivity contribution is 0.620. The van der Waals surface area contributed by atoms with E-state index in [-0.39, 0.29) is 11.4 Å². The lowest BCUT2D eigenvalue weighted by Crippen LogP contribution is -1.96. The predicted molar refractivity (Wildman–Crippen MR) is 73.2 cm³/mol. The standard InChI is InChI=1S/C14H9BrF2N2/c1-8-2-13(17)12(15)6-14(8)19-11-4-9(7-18)3-10(16)5-11/h2-6,19H,1H3. The molecule has 96 valence electrons. The first-order chi connectivity index (χ1) is 8.99. The van der Waals surface area contributed by atoms with Gasteiger partial charge >= 0.3 is 0 Å². The van der Waals surface area contributed by atoms with Gasteiger partial charge < -0.3 is 5.32 Å². The highest BCUT2D eigenvalue weighted by Gasteiger charge is 2.07. The van der Waals surface area contributed by atoms with Crippen LogP contribution >= 0.6 is 15.9 Å². The number of rotatable bonds is 2. The summed E-state index contributed by atoms with van der Waals surface area (Å²) in [4.78, 5) is 0. The summed E-state index contributed by atoms with van der Waals surface area (Å²) in [6.07, 6.45) is 0. The van der Waals surface area contributed by atoms with Gasteiger partial charge in [0.25, 0.3) is 0 Å². The Morgan fingerprint density at radius 2 is 1.89 bits per heavy atom. The number of anilines is 2. The van der Waals surface area contributed by atoms with Crippen LogP contribution in [0.3, 0.4) is 0 Å². The fourth-order valence-electron chi connectivity index (χ4n) is 1.66. The lowest BCUT2D eigenvalue weighted by Gasteiger charge is -2.11. The number of nitrogens with one attached hydrogen (secondary N) is 1. The van der Waals surface area contributed by atoms with Crippen LogP contribution in [0, 0.1) is 29.9 Å².